The summed E-state index contributed by atoms with van der Waals surface area (Å²) in [6.07, 6.45) is 1.13. The zero-order valence-electron chi connectivity index (χ0n) is 11.5. The summed E-state index contributed by atoms with van der Waals surface area (Å²) in [5, 5.41) is 3.31. The number of nitrogens with one attached hydrogen (secondary N) is 1. The van der Waals surface area contributed by atoms with Crippen molar-refractivity contribution in [2.75, 3.05) is 19.6 Å². The van der Waals surface area contributed by atoms with E-state index in [1.54, 1.807) is 6.07 Å². The van der Waals surface area contributed by atoms with Crippen LogP contribution in [0.25, 0.3) is 0 Å². The number of aryl methyl sites for hydroxylation is 1. The first-order valence-electron chi connectivity index (χ1n) is 6.86. The second kappa shape index (κ2) is 5.81. The number of hydrogen-bond acceptors (Lipinski definition) is 2. The Hall–Kier alpha value is -0.930. The fourth-order valence-corrected chi connectivity index (χ4v) is 2.52. The van der Waals surface area contributed by atoms with Crippen LogP contribution in [0.5, 0.6) is 0 Å². The van der Waals surface area contributed by atoms with Crippen LogP contribution < -0.4 is 5.32 Å². The Morgan fingerprint density at radius 2 is 2.17 bits per heavy atom. The minimum Gasteiger partial charge on any atom is -0.314 e. The lowest BCUT2D eigenvalue weighted by Crippen LogP contribution is -2.57. The van der Waals surface area contributed by atoms with Gasteiger partial charge in [-0.15, -0.1) is 0 Å². The molecule has 1 aromatic rings. The van der Waals surface area contributed by atoms with Crippen LogP contribution in [0.15, 0.2) is 18.2 Å². The lowest BCUT2D eigenvalue weighted by molar-refractivity contribution is 0.103. The first kappa shape index (κ1) is 13.5. The van der Waals surface area contributed by atoms with Crippen molar-refractivity contribution < 1.29 is 4.39 Å². The molecule has 1 aliphatic heterocycles. The van der Waals surface area contributed by atoms with Crippen molar-refractivity contribution in [2.45, 2.75) is 39.3 Å². The first-order valence-corrected chi connectivity index (χ1v) is 6.86. The maximum Gasteiger partial charge on any atom is 0.126 e. The number of nitrogens with zero attached hydrogens (tertiary/aromatic N) is 1. The summed E-state index contributed by atoms with van der Waals surface area (Å²) < 4.78 is 13.7. The highest BCUT2D eigenvalue weighted by molar-refractivity contribution is 5.25. The molecule has 0 saturated carbocycles. The van der Waals surface area contributed by atoms with Gasteiger partial charge in [-0.05, 0) is 44.0 Å². The van der Waals surface area contributed by atoms with Gasteiger partial charge >= 0.3 is 0 Å². The maximum atomic E-state index is 13.7. The molecular weight excluding hydrogens is 227 g/mol. The molecule has 0 radical (unpaired) electrons. The maximum absolute atomic E-state index is 13.7. The average molecular weight is 250 g/mol. The van der Waals surface area contributed by atoms with Crippen LogP contribution in [0, 0.1) is 12.7 Å². The fraction of sp³-hybridized carbons (Fsp3) is 0.600. The molecule has 0 aromatic heterocycles. The number of halogens is 1. The van der Waals surface area contributed by atoms with E-state index in [4.69, 9.17) is 0 Å². The van der Waals surface area contributed by atoms with E-state index in [9.17, 15) is 4.39 Å². The smallest absolute Gasteiger partial charge is 0.126 e. The van der Waals surface area contributed by atoms with Crippen LogP contribution in [0.4, 0.5) is 4.39 Å². The molecule has 1 fully saturated rings. The van der Waals surface area contributed by atoms with Gasteiger partial charge < -0.3 is 5.32 Å². The lowest BCUT2D eigenvalue weighted by atomic mass is 10.0. The fourth-order valence-electron chi connectivity index (χ4n) is 2.52. The Balaban J connectivity index is 2.15. The van der Waals surface area contributed by atoms with E-state index in [1.807, 2.05) is 13.0 Å². The van der Waals surface area contributed by atoms with Gasteiger partial charge in [-0.2, -0.15) is 0 Å². The SMILES string of the molecule is CCCN(C1CNC1)C(C)c1ccc(C)c(F)c1. The van der Waals surface area contributed by atoms with Crippen LogP contribution in [-0.4, -0.2) is 30.6 Å². The first-order chi connectivity index (χ1) is 8.63. The molecule has 0 amide bonds. The van der Waals surface area contributed by atoms with Crippen molar-refractivity contribution >= 4 is 0 Å². The van der Waals surface area contributed by atoms with Crippen LogP contribution in [0.2, 0.25) is 0 Å². The molecule has 2 rings (SSSR count). The van der Waals surface area contributed by atoms with Crippen LogP contribution in [0.1, 0.15) is 37.4 Å². The Kier molecular flexibility index (Phi) is 4.36. The van der Waals surface area contributed by atoms with Crippen molar-refractivity contribution in [2.24, 2.45) is 0 Å². The summed E-state index contributed by atoms with van der Waals surface area (Å²) in [6.45, 7) is 9.36. The Morgan fingerprint density at radius 3 is 2.67 bits per heavy atom. The number of rotatable bonds is 5. The van der Waals surface area contributed by atoms with Crippen LogP contribution in [-0.2, 0) is 0 Å². The molecule has 2 nitrogen and oxygen atoms in total. The van der Waals surface area contributed by atoms with Crippen molar-refractivity contribution in [3.63, 3.8) is 0 Å². The van der Waals surface area contributed by atoms with E-state index < -0.39 is 0 Å². The monoisotopic (exact) mass is 250 g/mol. The predicted molar refractivity (Wildman–Crippen MR) is 73.2 cm³/mol. The molecule has 1 heterocycles. The molecule has 1 atom stereocenters. The third-order valence-corrected chi connectivity index (χ3v) is 3.89. The molecule has 1 saturated heterocycles. The third kappa shape index (κ3) is 2.73. The summed E-state index contributed by atoms with van der Waals surface area (Å²) in [6, 6.07) is 6.51. The molecule has 1 unspecified atom stereocenters. The van der Waals surface area contributed by atoms with Crippen LogP contribution in [0.3, 0.4) is 0 Å². The standard InChI is InChI=1S/C15H23FN2/c1-4-7-18(14-9-17-10-14)12(3)13-6-5-11(2)15(16)8-13/h5-6,8,12,14,17H,4,7,9-10H2,1-3H3. The highest BCUT2D eigenvalue weighted by atomic mass is 19.1. The highest BCUT2D eigenvalue weighted by Crippen LogP contribution is 2.25. The van der Waals surface area contributed by atoms with E-state index in [1.165, 1.54) is 0 Å². The highest BCUT2D eigenvalue weighted by Gasteiger charge is 2.28. The number of benzene rings is 1. The third-order valence-electron chi connectivity index (χ3n) is 3.89. The second-order valence-corrected chi connectivity index (χ2v) is 5.23. The van der Waals surface area contributed by atoms with Gasteiger partial charge in [0, 0.05) is 25.2 Å². The van der Waals surface area contributed by atoms with Gasteiger partial charge in [0.15, 0.2) is 0 Å². The molecule has 0 bridgehead atoms. The van der Waals surface area contributed by atoms with Gasteiger partial charge in [-0.1, -0.05) is 19.1 Å². The molecule has 100 valence electrons. The minimum atomic E-state index is -0.0949. The van der Waals surface area contributed by atoms with E-state index in [0.717, 1.165) is 37.2 Å². The summed E-state index contributed by atoms with van der Waals surface area (Å²) >= 11 is 0. The summed E-state index contributed by atoms with van der Waals surface area (Å²) in [5.74, 6) is -0.0949. The van der Waals surface area contributed by atoms with Gasteiger partial charge in [0.05, 0.1) is 0 Å². The Morgan fingerprint density at radius 1 is 1.44 bits per heavy atom. The van der Waals surface area contributed by atoms with Gasteiger partial charge in [0.25, 0.3) is 0 Å². The van der Waals surface area contributed by atoms with Crippen molar-refractivity contribution in [1.82, 2.24) is 10.2 Å². The number of hydrogen-bond donors (Lipinski definition) is 1. The molecule has 1 aliphatic rings. The topological polar surface area (TPSA) is 15.3 Å². The van der Waals surface area contributed by atoms with Crippen molar-refractivity contribution in [3.05, 3.63) is 35.1 Å². The van der Waals surface area contributed by atoms with Crippen LogP contribution >= 0.6 is 0 Å². The zero-order valence-corrected chi connectivity index (χ0v) is 11.5. The zero-order chi connectivity index (χ0) is 13.1. The molecule has 3 heteroatoms. The second-order valence-electron chi connectivity index (χ2n) is 5.23. The summed E-state index contributed by atoms with van der Waals surface area (Å²) in [5.41, 5.74) is 1.80. The van der Waals surface area contributed by atoms with Crippen molar-refractivity contribution in [1.29, 1.82) is 0 Å². The van der Waals surface area contributed by atoms with Gasteiger partial charge in [0.2, 0.25) is 0 Å². The van der Waals surface area contributed by atoms with E-state index in [0.29, 0.717) is 6.04 Å². The molecule has 1 aromatic carbocycles. The molecule has 1 N–H and O–H groups in total. The minimum absolute atomic E-state index is 0.0949. The normalized spacial score (nSPS) is 17.8. The Labute approximate surface area is 109 Å². The van der Waals surface area contributed by atoms with Gasteiger partial charge in [-0.25, -0.2) is 4.39 Å². The van der Waals surface area contributed by atoms with Gasteiger partial charge in [0.1, 0.15) is 5.82 Å². The largest absolute Gasteiger partial charge is 0.314 e. The summed E-state index contributed by atoms with van der Waals surface area (Å²) in [7, 11) is 0. The van der Waals surface area contributed by atoms with Gasteiger partial charge in [-0.3, -0.25) is 4.90 Å². The van der Waals surface area contributed by atoms with E-state index in [-0.39, 0.29) is 11.9 Å². The summed E-state index contributed by atoms with van der Waals surface area (Å²) in [4.78, 5) is 2.49. The average Bonchev–Trinajstić information content (AvgIpc) is 2.29. The predicted octanol–water partition coefficient (Wildman–Crippen LogP) is 2.88. The van der Waals surface area contributed by atoms with E-state index in [2.05, 4.69) is 30.1 Å². The van der Waals surface area contributed by atoms with Crippen molar-refractivity contribution in [3.8, 4) is 0 Å². The molecule has 0 aliphatic carbocycles. The molecule has 18 heavy (non-hydrogen) atoms. The molecular formula is C15H23FN2. The Bertz CT molecular complexity index is 401. The van der Waals surface area contributed by atoms with E-state index >= 15 is 0 Å². The quantitative estimate of drug-likeness (QED) is 0.864. The molecule has 0 spiro atoms. The lowest BCUT2D eigenvalue weighted by Gasteiger charge is -2.42.